The Hall–Kier alpha value is -2.13. The van der Waals surface area contributed by atoms with E-state index in [-0.39, 0.29) is 12.0 Å². The highest BCUT2D eigenvalue weighted by Gasteiger charge is 2.10. The molecule has 0 radical (unpaired) electrons. The lowest BCUT2D eigenvalue weighted by Crippen LogP contribution is -2.33. The van der Waals surface area contributed by atoms with Crippen molar-refractivity contribution in [3.8, 4) is 5.75 Å². The van der Waals surface area contributed by atoms with E-state index in [0.717, 1.165) is 18.7 Å². The molecule has 0 aliphatic heterocycles. The zero-order valence-corrected chi connectivity index (χ0v) is 12.5. The Morgan fingerprint density at radius 3 is 2.19 bits per heavy atom. The minimum atomic E-state index is 0.00525. The predicted molar refractivity (Wildman–Crippen MR) is 84.7 cm³/mol. The molecule has 1 atom stereocenters. The summed E-state index contributed by atoms with van der Waals surface area (Å²) in [7, 11) is 0. The molecule has 2 aromatic rings. The van der Waals surface area contributed by atoms with E-state index in [0.29, 0.717) is 11.1 Å². The van der Waals surface area contributed by atoms with Crippen LogP contribution >= 0.6 is 0 Å². The van der Waals surface area contributed by atoms with Gasteiger partial charge in [-0.15, -0.1) is 0 Å². The molecule has 0 saturated carbocycles. The molecule has 3 heteroatoms. The summed E-state index contributed by atoms with van der Waals surface area (Å²) in [5.74, 6) is 0.799. The fourth-order valence-electron chi connectivity index (χ4n) is 2.10. The maximum Gasteiger partial charge on any atom is 0.193 e. The van der Waals surface area contributed by atoms with Crippen LogP contribution in [0.3, 0.4) is 0 Å². The van der Waals surface area contributed by atoms with E-state index in [1.54, 1.807) is 0 Å². The minimum Gasteiger partial charge on any atom is -0.475 e. The van der Waals surface area contributed by atoms with E-state index in [1.165, 1.54) is 0 Å². The Morgan fingerprint density at radius 2 is 1.62 bits per heavy atom. The second-order valence-corrected chi connectivity index (χ2v) is 4.79. The maximum atomic E-state index is 12.3. The van der Waals surface area contributed by atoms with Crippen molar-refractivity contribution >= 4 is 5.78 Å². The molecular formula is C18H21NO2. The molecule has 0 aromatic heterocycles. The van der Waals surface area contributed by atoms with E-state index >= 15 is 0 Å². The first-order valence-electron chi connectivity index (χ1n) is 7.34. The van der Waals surface area contributed by atoms with Crippen LogP contribution < -0.4 is 10.1 Å². The lowest BCUT2D eigenvalue weighted by molar-refractivity contribution is 0.103. The van der Waals surface area contributed by atoms with Gasteiger partial charge in [0.15, 0.2) is 5.78 Å². The van der Waals surface area contributed by atoms with Gasteiger partial charge in [0.1, 0.15) is 12.0 Å². The van der Waals surface area contributed by atoms with Crippen LogP contribution in [-0.2, 0) is 0 Å². The minimum absolute atomic E-state index is 0.00525. The third-order valence-electron chi connectivity index (χ3n) is 3.23. The van der Waals surface area contributed by atoms with E-state index in [1.807, 2.05) is 61.5 Å². The smallest absolute Gasteiger partial charge is 0.193 e. The van der Waals surface area contributed by atoms with Gasteiger partial charge < -0.3 is 4.74 Å². The number of nitrogens with one attached hydrogen (secondary N) is 1. The van der Waals surface area contributed by atoms with Gasteiger partial charge in [0, 0.05) is 11.1 Å². The van der Waals surface area contributed by atoms with Crippen LogP contribution in [0.15, 0.2) is 54.6 Å². The van der Waals surface area contributed by atoms with Crippen molar-refractivity contribution in [3.63, 3.8) is 0 Å². The number of ketones is 1. The predicted octanol–water partition coefficient (Wildman–Crippen LogP) is 3.64. The summed E-state index contributed by atoms with van der Waals surface area (Å²) >= 11 is 0. The third kappa shape index (κ3) is 4.17. The summed E-state index contributed by atoms with van der Waals surface area (Å²) < 4.78 is 5.82. The SMILES string of the molecule is CCNC(CC)Oc1ccc(C(=O)c2ccccc2)cc1. The average Bonchev–Trinajstić information content (AvgIpc) is 2.55. The number of hydrogen-bond acceptors (Lipinski definition) is 3. The second-order valence-electron chi connectivity index (χ2n) is 4.79. The number of ether oxygens (including phenoxy) is 1. The number of hydrogen-bond donors (Lipinski definition) is 1. The molecule has 0 amide bonds. The zero-order valence-electron chi connectivity index (χ0n) is 12.5. The van der Waals surface area contributed by atoms with Gasteiger partial charge in [-0.05, 0) is 37.2 Å². The highest BCUT2D eigenvalue weighted by atomic mass is 16.5. The third-order valence-corrected chi connectivity index (χ3v) is 3.23. The number of rotatable bonds is 7. The Labute approximate surface area is 126 Å². The Kier molecular flexibility index (Phi) is 5.52. The first-order valence-corrected chi connectivity index (χ1v) is 7.34. The number of carbonyl (C=O) groups excluding carboxylic acids is 1. The number of benzene rings is 2. The van der Waals surface area contributed by atoms with Crippen LogP contribution in [0.2, 0.25) is 0 Å². The van der Waals surface area contributed by atoms with Gasteiger partial charge in [-0.2, -0.15) is 0 Å². The topological polar surface area (TPSA) is 38.3 Å². The Morgan fingerprint density at radius 1 is 1.00 bits per heavy atom. The largest absolute Gasteiger partial charge is 0.475 e. The molecule has 3 nitrogen and oxygen atoms in total. The van der Waals surface area contributed by atoms with Crippen LogP contribution in [0.25, 0.3) is 0 Å². The average molecular weight is 283 g/mol. The van der Waals surface area contributed by atoms with Crippen molar-refractivity contribution in [3.05, 3.63) is 65.7 Å². The Bertz CT molecular complexity index is 564. The summed E-state index contributed by atoms with van der Waals surface area (Å²) in [6, 6.07) is 16.6. The van der Waals surface area contributed by atoms with Crippen LogP contribution in [0.1, 0.15) is 36.2 Å². The molecule has 21 heavy (non-hydrogen) atoms. The molecule has 2 rings (SSSR count). The van der Waals surface area contributed by atoms with Crippen molar-refractivity contribution in [1.29, 1.82) is 0 Å². The van der Waals surface area contributed by atoms with Gasteiger partial charge in [-0.25, -0.2) is 0 Å². The molecule has 0 aliphatic rings. The van der Waals surface area contributed by atoms with Gasteiger partial charge in [-0.1, -0.05) is 44.2 Å². The van der Waals surface area contributed by atoms with Gasteiger partial charge in [0.2, 0.25) is 0 Å². The van der Waals surface area contributed by atoms with Gasteiger partial charge in [0.05, 0.1) is 0 Å². The molecular weight excluding hydrogens is 262 g/mol. The zero-order chi connectivity index (χ0) is 15.1. The van der Waals surface area contributed by atoms with E-state index < -0.39 is 0 Å². The summed E-state index contributed by atoms with van der Waals surface area (Å²) in [4.78, 5) is 12.3. The van der Waals surface area contributed by atoms with Crippen molar-refractivity contribution < 1.29 is 9.53 Å². The van der Waals surface area contributed by atoms with Crippen LogP contribution in [-0.4, -0.2) is 18.6 Å². The van der Waals surface area contributed by atoms with Gasteiger partial charge in [0.25, 0.3) is 0 Å². The summed E-state index contributed by atoms with van der Waals surface area (Å²) in [5.41, 5.74) is 1.37. The quantitative estimate of drug-likeness (QED) is 0.623. The Balaban J connectivity index is 2.07. The lowest BCUT2D eigenvalue weighted by Gasteiger charge is -2.18. The highest BCUT2D eigenvalue weighted by Crippen LogP contribution is 2.16. The van der Waals surface area contributed by atoms with Crippen molar-refractivity contribution in [2.24, 2.45) is 0 Å². The molecule has 1 N–H and O–H groups in total. The van der Waals surface area contributed by atoms with Crippen LogP contribution in [0, 0.1) is 0 Å². The maximum absolute atomic E-state index is 12.3. The monoisotopic (exact) mass is 283 g/mol. The molecule has 1 unspecified atom stereocenters. The molecule has 0 fully saturated rings. The highest BCUT2D eigenvalue weighted by molar-refractivity contribution is 6.08. The normalized spacial score (nSPS) is 11.9. The van der Waals surface area contributed by atoms with Crippen molar-refractivity contribution in [2.45, 2.75) is 26.5 Å². The fraction of sp³-hybridized carbons (Fsp3) is 0.278. The summed E-state index contributed by atoms with van der Waals surface area (Å²) in [6.45, 7) is 4.98. The van der Waals surface area contributed by atoms with Gasteiger partial charge >= 0.3 is 0 Å². The first-order chi connectivity index (χ1) is 10.2. The fourth-order valence-corrected chi connectivity index (χ4v) is 2.10. The standard InChI is InChI=1S/C18H21NO2/c1-3-17(19-4-2)21-16-12-10-15(11-13-16)18(20)14-8-6-5-7-9-14/h5-13,17,19H,3-4H2,1-2H3. The molecule has 0 heterocycles. The molecule has 2 aromatic carbocycles. The second kappa shape index (κ2) is 7.60. The lowest BCUT2D eigenvalue weighted by atomic mass is 10.0. The van der Waals surface area contributed by atoms with Crippen molar-refractivity contribution in [1.82, 2.24) is 5.32 Å². The van der Waals surface area contributed by atoms with E-state index in [2.05, 4.69) is 12.2 Å². The van der Waals surface area contributed by atoms with Crippen LogP contribution in [0.5, 0.6) is 5.75 Å². The van der Waals surface area contributed by atoms with Crippen molar-refractivity contribution in [2.75, 3.05) is 6.54 Å². The molecule has 110 valence electrons. The summed E-state index contributed by atoms with van der Waals surface area (Å²) in [6.07, 6.45) is 0.893. The molecule has 0 bridgehead atoms. The molecule has 0 saturated heterocycles. The van der Waals surface area contributed by atoms with E-state index in [9.17, 15) is 4.79 Å². The molecule has 0 aliphatic carbocycles. The van der Waals surface area contributed by atoms with Gasteiger partial charge in [-0.3, -0.25) is 10.1 Å². The molecule has 0 spiro atoms. The van der Waals surface area contributed by atoms with Crippen LogP contribution in [0.4, 0.5) is 0 Å². The first kappa shape index (κ1) is 15.3. The van der Waals surface area contributed by atoms with E-state index in [4.69, 9.17) is 4.74 Å². The number of carbonyl (C=O) groups is 1. The summed E-state index contributed by atoms with van der Waals surface area (Å²) in [5, 5.41) is 3.25.